The molecule has 0 radical (unpaired) electrons. The number of anilines is 1. The SMILES string of the molecule is CCCNCc1ccc(N2CCC(CCO)C2)cc1. The van der Waals surface area contributed by atoms with E-state index < -0.39 is 0 Å². The lowest BCUT2D eigenvalue weighted by molar-refractivity contribution is 0.263. The first-order valence-electron chi connectivity index (χ1n) is 7.49. The highest BCUT2D eigenvalue weighted by Crippen LogP contribution is 2.25. The normalized spacial score (nSPS) is 19.1. The number of aliphatic hydroxyl groups excluding tert-OH is 1. The lowest BCUT2D eigenvalue weighted by Crippen LogP contribution is -2.20. The van der Waals surface area contributed by atoms with Crippen molar-refractivity contribution < 1.29 is 5.11 Å². The summed E-state index contributed by atoms with van der Waals surface area (Å²) in [7, 11) is 0. The molecular weight excluding hydrogens is 236 g/mol. The number of nitrogens with zero attached hydrogens (tertiary/aromatic N) is 1. The number of hydrogen-bond acceptors (Lipinski definition) is 3. The molecule has 1 unspecified atom stereocenters. The fraction of sp³-hybridized carbons (Fsp3) is 0.625. The van der Waals surface area contributed by atoms with Crippen LogP contribution >= 0.6 is 0 Å². The maximum Gasteiger partial charge on any atom is 0.0434 e. The third kappa shape index (κ3) is 4.22. The first-order valence-corrected chi connectivity index (χ1v) is 7.49. The van der Waals surface area contributed by atoms with E-state index in [0.717, 1.165) is 32.6 Å². The fourth-order valence-corrected chi connectivity index (χ4v) is 2.72. The zero-order valence-corrected chi connectivity index (χ0v) is 11.9. The smallest absolute Gasteiger partial charge is 0.0434 e. The quantitative estimate of drug-likeness (QED) is 0.741. The van der Waals surface area contributed by atoms with Crippen molar-refractivity contribution in [1.82, 2.24) is 5.32 Å². The minimum absolute atomic E-state index is 0.320. The summed E-state index contributed by atoms with van der Waals surface area (Å²) in [6, 6.07) is 8.89. The van der Waals surface area contributed by atoms with Gasteiger partial charge in [0, 0.05) is 31.9 Å². The van der Waals surface area contributed by atoms with Crippen molar-refractivity contribution in [3.05, 3.63) is 29.8 Å². The van der Waals surface area contributed by atoms with Crippen molar-refractivity contribution in [3.63, 3.8) is 0 Å². The number of benzene rings is 1. The summed E-state index contributed by atoms with van der Waals surface area (Å²) in [4.78, 5) is 2.43. The molecule has 1 aromatic carbocycles. The Morgan fingerprint density at radius 3 is 2.79 bits per heavy atom. The zero-order chi connectivity index (χ0) is 13.5. The zero-order valence-electron chi connectivity index (χ0n) is 11.9. The van der Waals surface area contributed by atoms with E-state index in [9.17, 15) is 0 Å². The summed E-state index contributed by atoms with van der Waals surface area (Å²) in [5, 5.41) is 12.4. The topological polar surface area (TPSA) is 35.5 Å². The van der Waals surface area contributed by atoms with Crippen molar-refractivity contribution in [2.45, 2.75) is 32.7 Å². The van der Waals surface area contributed by atoms with E-state index in [1.165, 1.54) is 24.1 Å². The summed E-state index contributed by atoms with van der Waals surface area (Å²) in [5.74, 6) is 0.663. The largest absolute Gasteiger partial charge is 0.396 e. The highest BCUT2D eigenvalue weighted by molar-refractivity contribution is 5.48. The second kappa shape index (κ2) is 7.51. The third-order valence-corrected chi connectivity index (χ3v) is 3.88. The Labute approximate surface area is 116 Å². The molecule has 0 saturated carbocycles. The van der Waals surface area contributed by atoms with Crippen LogP contribution in [0.1, 0.15) is 31.7 Å². The van der Waals surface area contributed by atoms with Crippen LogP contribution in [0.3, 0.4) is 0 Å². The van der Waals surface area contributed by atoms with Gasteiger partial charge in [0.1, 0.15) is 0 Å². The molecule has 0 bridgehead atoms. The van der Waals surface area contributed by atoms with Gasteiger partial charge in [-0.3, -0.25) is 0 Å². The van der Waals surface area contributed by atoms with Gasteiger partial charge in [-0.1, -0.05) is 19.1 Å². The van der Waals surface area contributed by atoms with E-state index in [-0.39, 0.29) is 0 Å². The highest BCUT2D eigenvalue weighted by atomic mass is 16.3. The molecule has 0 aliphatic carbocycles. The molecule has 19 heavy (non-hydrogen) atoms. The standard InChI is InChI=1S/C16H26N2O/c1-2-9-17-12-14-3-5-16(6-4-14)18-10-7-15(13-18)8-11-19/h3-6,15,17,19H,2,7-13H2,1H3. The molecule has 0 amide bonds. The molecule has 1 fully saturated rings. The molecule has 0 aromatic heterocycles. The first-order chi connectivity index (χ1) is 9.33. The van der Waals surface area contributed by atoms with Gasteiger partial charge in [0.05, 0.1) is 0 Å². The molecular formula is C16H26N2O. The summed E-state index contributed by atoms with van der Waals surface area (Å²) in [6.45, 7) is 6.76. The lowest BCUT2D eigenvalue weighted by Gasteiger charge is -2.19. The van der Waals surface area contributed by atoms with E-state index in [2.05, 4.69) is 41.4 Å². The van der Waals surface area contributed by atoms with Gasteiger partial charge in [0.25, 0.3) is 0 Å². The van der Waals surface area contributed by atoms with Crippen LogP contribution in [0.15, 0.2) is 24.3 Å². The Kier molecular flexibility index (Phi) is 5.67. The maximum absolute atomic E-state index is 9.00. The van der Waals surface area contributed by atoms with Crippen LogP contribution in [-0.2, 0) is 6.54 Å². The molecule has 2 N–H and O–H groups in total. The average Bonchev–Trinajstić information content (AvgIpc) is 2.89. The Balaban J connectivity index is 1.85. The fourth-order valence-electron chi connectivity index (χ4n) is 2.72. The van der Waals surface area contributed by atoms with Crippen molar-refractivity contribution >= 4 is 5.69 Å². The van der Waals surface area contributed by atoms with Gasteiger partial charge in [0.15, 0.2) is 0 Å². The molecule has 106 valence electrons. The van der Waals surface area contributed by atoms with Gasteiger partial charge in [-0.25, -0.2) is 0 Å². The highest BCUT2D eigenvalue weighted by Gasteiger charge is 2.21. The molecule has 1 heterocycles. The first kappa shape index (κ1) is 14.4. The molecule has 0 spiro atoms. The van der Waals surface area contributed by atoms with Crippen LogP contribution in [0, 0.1) is 5.92 Å². The molecule has 2 rings (SSSR count). The summed E-state index contributed by atoms with van der Waals surface area (Å²) >= 11 is 0. The summed E-state index contributed by atoms with van der Waals surface area (Å²) in [6.07, 6.45) is 3.33. The van der Waals surface area contributed by atoms with Gasteiger partial charge >= 0.3 is 0 Å². The van der Waals surface area contributed by atoms with Crippen LogP contribution in [0.5, 0.6) is 0 Å². The van der Waals surface area contributed by atoms with Crippen molar-refractivity contribution in [2.75, 3.05) is 31.1 Å². The van der Waals surface area contributed by atoms with E-state index in [1.807, 2.05) is 0 Å². The Bertz CT molecular complexity index is 364. The van der Waals surface area contributed by atoms with Crippen LogP contribution in [0.4, 0.5) is 5.69 Å². The Morgan fingerprint density at radius 2 is 2.11 bits per heavy atom. The second-order valence-corrected chi connectivity index (χ2v) is 5.46. The van der Waals surface area contributed by atoms with Gasteiger partial charge < -0.3 is 15.3 Å². The predicted molar refractivity (Wildman–Crippen MR) is 80.5 cm³/mol. The average molecular weight is 262 g/mol. The van der Waals surface area contributed by atoms with Crippen molar-refractivity contribution in [3.8, 4) is 0 Å². The molecule has 1 saturated heterocycles. The Morgan fingerprint density at radius 1 is 1.32 bits per heavy atom. The van der Waals surface area contributed by atoms with Gasteiger partial charge in [-0.15, -0.1) is 0 Å². The summed E-state index contributed by atoms with van der Waals surface area (Å²) < 4.78 is 0. The molecule has 3 heteroatoms. The lowest BCUT2D eigenvalue weighted by atomic mass is 10.1. The minimum Gasteiger partial charge on any atom is -0.396 e. The van der Waals surface area contributed by atoms with E-state index >= 15 is 0 Å². The summed E-state index contributed by atoms with van der Waals surface area (Å²) in [5.41, 5.74) is 2.67. The number of aliphatic hydroxyl groups is 1. The maximum atomic E-state index is 9.00. The minimum atomic E-state index is 0.320. The van der Waals surface area contributed by atoms with Crippen LogP contribution in [0.2, 0.25) is 0 Å². The van der Waals surface area contributed by atoms with Crippen molar-refractivity contribution in [1.29, 1.82) is 0 Å². The molecule has 1 aliphatic rings. The molecule has 3 nitrogen and oxygen atoms in total. The van der Waals surface area contributed by atoms with Crippen LogP contribution in [-0.4, -0.2) is 31.3 Å². The molecule has 1 atom stereocenters. The number of hydrogen-bond donors (Lipinski definition) is 2. The number of rotatable bonds is 7. The predicted octanol–water partition coefficient (Wildman–Crippen LogP) is 2.39. The van der Waals surface area contributed by atoms with Gasteiger partial charge in [-0.05, 0) is 49.4 Å². The van der Waals surface area contributed by atoms with E-state index in [0.29, 0.717) is 12.5 Å². The van der Waals surface area contributed by atoms with E-state index in [4.69, 9.17) is 5.11 Å². The van der Waals surface area contributed by atoms with Gasteiger partial charge in [0.2, 0.25) is 0 Å². The van der Waals surface area contributed by atoms with Crippen LogP contribution < -0.4 is 10.2 Å². The second-order valence-electron chi connectivity index (χ2n) is 5.46. The third-order valence-electron chi connectivity index (χ3n) is 3.88. The Hall–Kier alpha value is -1.06. The number of nitrogens with one attached hydrogen (secondary N) is 1. The van der Waals surface area contributed by atoms with Crippen molar-refractivity contribution in [2.24, 2.45) is 5.92 Å². The monoisotopic (exact) mass is 262 g/mol. The van der Waals surface area contributed by atoms with Crippen LogP contribution in [0.25, 0.3) is 0 Å². The molecule has 1 aromatic rings. The van der Waals surface area contributed by atoms with Gasteiger partial charge in [-0.2, -0.15) is 0 Å². The molecule has 1 aliphatic heterocycles. The van der Waals surface area contributed by atoms with E-state index in [1.54, 1.807) is 0 Å².